The summed E-state index contributed by atoms with van der Waals surface area (Å²) in [6.07, 6.45) is 4.53. The summed E-state index contributed by atoms with van der Waals surface area (Å²) in [4.78, 5) is 0.253. The molecule has 28 heavy (non-hydrogen) atoms. The quantitative estimate of drug-likeness (QED) is 0.530. The Bertz CT molecular complexity index is 744. The molecule has 1 N–H and O–H groups in total. The fourth-order valence-electron chi connectivity index (χ4n) is 4.53. The average molecular weight is 411 g/mol. The highest BCUT2D eigenvalue weighted by atomic mass is 32.2. The third-order valence-electron chi connectivity index (χ3n) is 5.82. The molecule has 2 rings (SSSR count). The molecular formula is C23H38O4S. The van der Waals surface area contributed by atoms with Crippen LogP contribution >= 0.6 is 0 Å². The maximum atomic E-state index is 13.0. The van der Waals surface area contributed by atoms with Gasteiger partial charge in [0, 0.05) is 0 Å². The first-order valence-electron chi connectivity index (χ1n) is 10.8. The molecule has 1 unspecified atom stereocenters. The van der Waals surface area contributed by atoms with Crippen LogP contribution < -0.4 is 0 Å². The van der Waals surface area contributed by atoms with Crippen LogP contribution in [0.3, 0.4) is 0 Å². The highest BCUT2D eigenvalue weighted by Crippen LogP contribution is 2.38. The lowest BCUT2D eigenvalue weighted by Gasteiger charge is -2.25. The molecule has 1 aliphatic carbocycles. The molecule has 0 aliphatic heterocycles. The van der Waals surface area contributed by atoms with E-state index in [1.54, 1.807) is 6.07 Å². The molecule has 4 nitrogen and oxygen atoms in total. The van der Waals surface area contributed by atoms with Gasteiger partial charge in [0.1, 0.15) is 0 Å². The minimum absolute atomic E-state index is 0.0629. The van der Waals surface area contributed by atoms with Crippen LogP contribution in [0.25, 0.3) is 0 Å². The van der Waals surface area contributed by atoms with Crippen LogP contribution in [0.2, 0.25) is 0 Å². The zero-order valence-electron chi connectivity index (χ0n) is 18.4. The van der Waals surface area contributed by atoms with Gasteiger partial charge in [-0.1, -0.05) is 73.3 Å². The maximum Gasteiger partial charge on any atom is 0.297 e. The SMILES string of the molecule is CC(C)c1ccc(S(=O)(=O)OCC(O)CC2CCCC2)c(C(C)C)c1C(C)C. The Morgan fingerprint density at radius 3 is 2.04 bits per heavy atom. The van der Waals surface area contributed by atoms with Crippen LogP contribution in [0.15, 0.2) is 17.0 Å². The molecule has 0 amide bonds. The third-order valence-corrected chi connectivity index (χ3v) is 7.16. The van der Waals surface area contributed by atoms with E-state index in [0.717, 1.165) is 24.0 Å². The molecule has 1 aromatic carbocycles. The molecule has 0 saturated heterocycles. The predicted molar refractivity (Wildman–Crippen MR) is 114 cm³/mol. The normalized spacial score (nSPS) is 17.2. The van der Waals surface area contributed by atoms with Crippen LogP contribution in [-0.4, -0.2) is 26.2 Å². The van der Waals surface area contributed by atoms with Gasteiger partial charge in [-0.25, -0.2) is 0 Å². The molecule has 0 heterocycles. The first-order chi connectivity index (χ1) is 13.0. The van der Waals surface area contributed by atoms with Crippen LogP contribution in [0.5, 0.6) is 0 Å². The van der Waals surface area contributed by atoms with E-state index in [0.29, 0.717) is 18.3 Å². The van der Waals surface area contributed by atoms with E-state index in [9.17, 15) is 13.5 Å². The number of rotatable bonds is 9. The Hall–Kier alpha value is -0.910. The van der Waals surface area contributed by atoms with E-state index in [2.05, 4.69) is 27.7 Å². The number of aliphatic hydroxyl groups is 1. The van der Waals surface area contributed by atoms with Crippen molar-refractivity contribution >= 4 is 10.1 Å². The molecule has 5 heteroatoms. The van der Waals surface area contributed by atoms with Crippen molar-refractivity contribution in [2.24, 2.45) is 5.92 Å². The Morgan fingerprint density at radius 1 is 0.964 bits per heavy atom. The predicted octanol–water partition coefficient (Wildman–Crippen LogP) is 5.70. The van der Waals surface area contributed by atoms with E-state index < -0.39 is 16.2 Å². The van der Waals surface area contributed by atoms with Gasteiger partial charge in [0.2, 0.25) is 0 Å². The second kappa shape index (κ2) is 9.73. The summed E-state index contributed by atoms with van der Waals surface area (Å²) in [5.74, 6) is 1.09. The lowest BCUT2D eigenvalue weighted by Crippen LogP contribution is -2.22. The molecule has 0 bridgehead atoms. The summed E-state index contributed by atoms with van der Waals surface area (Å²) < 4.78 is 31.4. The van der Waals surface area contributed by atoms with E-state index in [1.165, 1.54) is 18.4 Å². The van der Waals surface area contributed by atoms with E-state index in [-0.39, 0.29) is 23.3 Å². The van der Waals surface area contributed by atoms with Gasteiger partial charge in [0.15, 0.2) is 0 Å². The van der Waals surface area contributed by atoms with Crippen molar-refractivity contribution in [3.63, 3.8) is 0 Å². The second-order valence-electron chi connectivity index (χ2n) is 9.22. The number of hydrogen-bond donors (Lipinski definition) is 1. The fourth-order valence-corrected chi connectivity index (χ4v) is 5.84. The van der Waals surface area contributed by atoms with Gasteiger partial charge >= 0.3 is 0 Å². The molecular weight excluding hydrogens is 372 g/mol. The standard InChI is InChI=1S/C23H38O4S/c1-15(2)20-11-12-21(23(17(5)6)22(20)16(3)4)28(25,26)27-14-19(24)13-18-9-7-8-10-18/h11-12,15-19,24H,7-10,13-14H2,1-6H3. The number of benzene rings is 1. The first kappa shape index (κ1) is 23.4. The first-order valence-corrected chi connectivity index (χ1v) is 12.2. The van der Waals surface area contributed by atoms with E-state index in [4.69, 9.17) is 4.18 Å². The molecule has 1 fully saturated rings. The Labute approximate surface area is 171 Å². The lowest BCUT2D eigenvalue weighted by molar-refractivity contribution is 0.0881. The topological polar surface area (TPSA) is 63.6 Å². The van der Waals surface area contributed by atoms with Crippen LogP contribution in [0.4, 0.5) is 0 Å². The lowest BCUT2D eigenvalue weighted by atomic mass is 9.83. The molecule has 1 aromatic rings. The second-order valence-corrected chi connectivity index (χ2v) is 10.8. The Balaban J connectivity index is 2.29. The summed E-state index contributed by atoms with van der Waals surface area (Å²) >= 11 is 0. The highest BCUT2D eigenvalue weighted by Gasteiger charge is 2.28. The van der Waals surface area contributed by atoms with Gasteiger partial charge in [0.25, 0.3) is 10.1 Å². The van der Waals surface area contributed by atoms with Gasteiger partial charge in [-0.2, -0.15) is 8.42 Å². The summed E-state index contributed by atoms with van der Waals surface area (Å²) in [5, 5.41) is 10.3. The smallest absolute Gasteiger partial charge is 0.297 e. The Kier molecular flexibility index (Phi) is 8.12. The zero-order chi connectivity index (χ0) is 21.1. The number of aliphatic hydroxyl groups excluding tert-OH is 1. The summed E-state index contributed by atoms with van der Waals surface area (Å²) in [6.45, 7) is 12.4. The van der Waals surface area contributed by atoms with Crippen molar-refractivity contribution in [3.05, 3.63) is 28.8 Å². The van der Waals surface area contributed by atoms with Gasteiger partial charge in [-0.3, -0.25) is 4.18 Å². The Morgan fingerprint density at radius 2 is 1.54 bits per heavy atom. The largest absolute Gasteiger partial charge is 0.391 e. The van der Waals surface area contributed by atoms with Crippen molar-refractivity contribution in [1.29, 1.82) is 0 Å². The molecule has 0 aromatic heterocycles. The number of hydrogen-bond acceptors (Lipinski definition) is 4. The maximum absolute atomic E-state index is 13.0. The van der Waals surface area contributed by atoms with Crippen molar-refractivity contribution in [3.8, 4) is 0 Å². The fraction of sp³-hybridized carbons (Fsp3) is 0.739. The van der Waals surface area contributed by atoms with Gasteiger partial charge in [0.05, 0.1) is 17.6 Å². The third kappa shape index (κ3) is 5.58. The summed E-state index contributed by atoms with van der Waals surface area (Å²) in [5.41, 5.74) is 3.16. The zero-order valence-corrected chi connectivity index (χ0v) is 19.2. The van der Waals surface area contributed by atoms with Crippen molar-refractivity contribution < 1.29 is 17.7 Å². The minimum Gasteiger partial charge on any atom is -0.391 e. The molecule has 1 saturated carbocycles. The van der Waals surface area contributed by atoms with Crippen LogP contribution in [0, 0.1) is 5.92 Å². The van der Waals surface area contributed by atoms with Crippen LogP contribution in [-0.2, 0) is 14.3 Å². The van der Waals surface area contributed by atoms with Crippen LogP contribution in [0.1, 0.15) is 108 Å². The van der Waals surface area contributed by atoms with Crippen molar-refractivity contribution in [1.82, 2.24) is 0 Å². The molecule has 1 aliphatic rings. The monoisotopic (exact) mass is 410 g/mol. The molecule has 160 valence electrons. The van der Waals surface area contributed by atoms with E-state index in [1.807, 2.05) is 19.9 Å². The molecule has 0 radical (unpaired) electrons. The van der Waals surface area contributed by atoms with Gasteiger partial charge in [-0.15, -0.1) is 0 Å². The highest BCUT2D eigenvalue weighted by molar-refractivity contribution is 7.86. The van der Waals surface area contributed by atoms with E-state index >= 15 is 0 Å². The van der Waals surface area contributed by atoms with Crippen molar-refractivity contribution in [2.45, 2.75) is 102 Å². The average Bonchev–Trinajstić information content (AvgIpc) is 3.11. The van der Waals surface area contributed by atoms with Crippen molar-refractivity contribution in [2.75, 3.05) is 6.61 Å². The summed E-state index contributed by atoms with van der Waals surface area (Å²) in [6, 6.07) is 3.62. The molecule has 1 atom stereocenters. The van der Waals surface area contributed by atoms with Gasteiger partial charge in [-0.05, 0) is 52.8 Å². The molecule has 0 spiro atoms. The van der Waals surface area contributed by atoms with Gasteiger partial charge < -0.3 is 5.11 Å². The summed E-state index contributed by atoms with van der Waals surface area (Å²) in [7, 11) is -3.92. The minimum atomic E-state index is -3.92.